The predicted molar refractivity (Wildman–Crippen MR) is 92.8 cm³/mol. The van der Waals surface area contributed by atoms with Crippen LogP contribution in [0, 0.1) is 0 Å². The second kappa shape index (κ2) is 6.95. The number of benzene rings is 1. The molecule has 2 aromatic heterocycles. The number of nitrogens with one attached hydrogen (secondary N) is 2. The van der Waals surface area contributed by atoms with Gasteiger partial charge in [0.15, 0.2) is 0 Å². The van der Waals surface area contributed by atoms with Crippen LogP contribution in [0.1, 0.15) is 17.3 Å². The van der Waals surface area contributed by atoms with Gasteiger partial charge in [-0.1, -0.05) is 18.2 Å². The first-order valence-corrected chi connectivity index (χ1v) is 7.69. The Kier molecular flexibility index (Phi) is 4.56. The molecule has 0 atom stereocenters. The molecule has 0 aliphatic rings. The van der Waals surface area contributed by atoms with E-state index >= 15 is 0 Å². The molecule has 0 radical (unpaired) electrons. The minimum absolute atomic E-state index is 0.194. The molecule has 6 nitrogen and oxygen atoms in total. The molecule has 0 aliphatic carbocycles. The number of fused-ring (bicyclic) bond motifs is 1. The number of rotatable bonds is 5. The molecule has 2 heterocycles. The van der Waals surface area contributed by atoms with E-state index in [1.807, 2.05) is 18.3 Å². The summed E-state index contributed by atoms with van der Waals surface area (Å²) < 4.78 is 2.10. The molecule has 2 amide bonds. The summed E-state index contributed by atoms with van der Waals surface area (Å²) in [6, 6.07) is 13.3. The Bertz CT molecular complexity index is 885. The lowest BCUT2D eigenvalue weighted by Gasteiger charge is -2.08. The zero-order valence-corrected chi connectivity index (χ0v) is 13.3. The van der Waals surface area contributed by atoms with Crippen LogP contribution in [-0.2, 0) is 11.3 Å². The van der Waals surface area contributed by atoms with Gasteiger partial charge in [-0.3, -0.25) is 9.59 Å². The van der Waals surface area contributed by atoms with E-state index in [2.05, 4.69) is 38.4 Å². The number of nitrogens with zero attached hydrogens (tertiary/aromatic N) is 2. The molecule has 122 valence electrons. The number of carbonyl (C=O) groups excluding carboxylic acids is 2. The third kappa shape index (κ3) is 3.60. The maximum atomic E-state index is 12.2. The molecule has 0 fully saturated rings. The lowest BCUT2D eigenvalue weighted by molar-refractivity contribution is -0.114. The minimum atomic E-state index is -0.223. The van der Waals surface area contributed by atoms with Crippen LogP contribution in [0.15, 0.2) is 54.9 Å². The van der Waals surface area contributed by atoms with Crippen molar-refractivity contribution in [2.24, 2.45) is 0 Å². The first kappa shape index (κ1) is 15.7. The molecule has 3 rings (SSSR count). The van der Waals surface area contributed by atoms with Gasteiger partial charge in [0.1, 0.15) is 5.82 Å². The van der Waals surface area contributed by atoms with Crippen molar-refractivity contribution in [2.45, 2.75) is 13.5 Å². The van der Waals surface area contributed by atoms with Gasteiger partial charge >= 0.3 is 0 Å². The fourth-order valence-electron chi connectivity index (χ4n) is 2.55. The van der Waals surface area contributed by atoms with Crippen LogP contribution in [-0.4, -0.2) is 27.9 Å². The van der Waals surface area contributed by atoms with Crippen molar-refractivity contribution in [3.63, 3.8) is 0 Å². The van der Waals surface area contributed by atoms with Gasteiger partial charge in [0, 0.05) is 43.5 Å². The van der Waals surface area contributed by atoms with E-state index in [0.29, 0.717) is 24.5 Å². The van der Waals surface area contributed by atoms with Gasteiger partial charge in [0.2, 0.25) is 5.91 Å². The van der Waals surface area contributed by atoms with Crippen LogP contribution in [0.5, 0.6) is 0 Å². The summed E-state index contributed by atoms with van der Waals surface area (Å²) in [6.07, 6.45) is 3.51. The maximum absolute atomic E-state index is 12.2. The normalized spacial score (nSPS) is 10.5. The molecule has 0 spiro atoms. The average molecular weight is 322 g/mol. The van der Waals surface area contributed by atoms with Gasteiger partial charge in [-0.2, -0.15) is 0 Å². The average Bonchev–Trinajstić information content (AvgIpc) is 2.98. The minimum Gasteiger partial charge on any atom is -0.350 e. The Morgan fingerprint density at radius 2 is 2.00 bits per heavy atom. The van der Waals surface area contributed by atoms with Crippen LogP contribution in [0.25, 0.3) is 10.9 Å². The Morgan fingerprint density at radius 3 is 2.83 bits per heavy atom. The van der Waals surface area contributed by atoms with Crippen LogP contribution in [0.2, 0.25) is 0 Å². The molecule has 1 aromatic carbocycles. The van der Waals surface area contributed by atoms with E-state index in [1.165, 1.54) is 18.5 Å². The van der Waals surface area contributed by atoms with Crippen molar-refractivity contribution in [2.75, 3.05) is 11.9 Å². The molecular weight excluding hydrogens is 304 g/mol. The van der Waals surface area contributed by atoms with Crippen LogP contribution < -0.4 is 10.6 Å². The highest BCUT2D eigenvalue weighted by molar-refractivity contribution is 5.96. The molecule has 24 heavy (non-hydrogen) atoms. The highest BCUT2D eigenvalue weighted by atomic mass is 16.2. The first-order valence-electron chi connectivity index (χ1n) is 7.69. The summed E-state index contributed by atoms with van der Waals surface area (Å²) in [5.74, 6) is -0.0495. The molecule has 3 aromatic rings. The standard InChI is InChI=1S/C18H18N4O2/c1-13(23)21-17-12-15(6-8-19-17)18(24)20-9-11-22-10-7-14-4-2-3-5-16(14)22/h2-8,10,12H,9,11H2,1H3,(H,20,24)(H,19,21,23). The van der Waals surface area contributed by atoms with Crippen molar-refractivity contribution < 1.29 is 9.59 Å². The van der Waals surface area contributed by atoms with Crippen molar-refractivity contribution in [1.29, 1.82) is 0 Å². The molecule has 0 bridgehead atoms. The van der Waals surface area contributed by atoms with E-state index in [1.54, 1.807) is 12.1 Å². The Balaban J connectivity index is 1.60. The molecule has 6 heteroatoms. The van der Waals surface area contributed by atoms with Crippen LogP contribution in [0.4, 0.5) is 5.82 Å². The van der Waals surface area contributed by atoms with Crippen LogP contribution in [0.3, 0.4) is 0 Å². The lowest BCUT2D eigenvalue weighted by atomic mass is 10.2. The number of amides is 2. The fraction of sp³-hybridized carbons (Fsp3) is 0.167. The van der Waals surface area contributed by atoms with Gasteiger partial charge in [-0.05, 0) is 29.7 Å². The number of hydrogen-bond acceptors (Lipinski definition) is 3. The lowest BCUT2D eigenvalue weighted by Crippen LogP contribution is -2.27. The highest BCUT2D eigenvalue weighted by Crippen LogP contribution is 2.14. The number of para-hydroxylation sites is 1. The van der Waals surface area contributed by atoms with Crippen molar-refractivity contribution in [3.8, 4) is 0 Å². The fourth-order valence-corrected chi connectivity index (χ4v) is 2.55. The Labute approximate surface area is 139 Å². The third-order valence-electron chi connectivity index (χ3n) is 3.64. The Morgan fingerprint density at radius 1 is 1.17 bits per heavy atom. The molecular formula is C18H18N4O2. The monoisotopic (exact) mass is 322 g/mol. The number of pyridine rings is 1. The van der Waals surface area contributed by atoms with Crippen molar-refractivity contribution >= 4 is 28.5 Å². The van der Waals surface area contributed by atoms with Gasteiger partial charge in [-0.25, -0.2) is 4.98 Å². The summed E-state index contributed by atoms with van der Waals surface area (Å²) in [5, 5.41) is 6.63. The number of hydrogen-bond donors (Lipinski definition) is 2. The largest absolute Gasteiger partial charge is 0.350 e. The maximum Gasteiger partial charge on any atom is 0.251 e. The number of aromatic nitrogens is 2. The quantitative estimate of drug-likeness (QED) is 0.757. The summed E-state index contributed by atoms with van der Waals surface area (Å²) in [4.78, 5) is 27.3. The van der Waals surface area contributed by atoms with Gasteiger partial charge in [-0.15, -0.1) is 0 Å². The van der Waals surface area contributed by atoms with Gasteiger partial charge in [0.25, 0.3) is 5.91 Å². The molecule has 2 N–H and O–H groups in total. The number of anilines is 1. The van der Waals surface area contributed by atoms with Crippen LogP contribution >= 0.6 is 0 Å². The van der Waals surface area contributed by atoms with Crippen molar-refractivity contribution in [3.05, 3.63) is 60.4 Å². The smallest absolute Gasteiger partial charge is 0.251 e. The zero-order chi connectivity index (χ0) is 16.9. The first-order chi connectivity index (χ1) is 11.6. The van der Waals surface area contributed by atoms with Crippen molar-refractivity contribution in [1.82, 2.24) is 14.9 Å². The van der Waals surface area contributed by atoms with E-state index in [4.69, 9.17) is 0 Å². The predicted octanol–water partition coefficient (Wildman–Crippen LogP) is 2.42. The third-order valence-corrected chi connectivity index (χ3v) is 3.64. The van der Waals surface area contributed by atoms with Gasteiger partial charge in [0.05, 0.1) is 0 Å². The molecule has 0 unspecified atom stereocenters. The molecule has 0 saturated heterocycles. The molecule has 0 aliphatic heterocycles. The summed E-state index contributed by atoms with van der Waals surface area (Å²) in [7, 11) is 0. The zero-order valence-electron chi connectivity index (χ0n) is 13.3. The topological polar surface area (TPSA) is 76.0 Å². The SMILES string of the molecule is CC(=O)Nc1cc(C(=O)NCCn2ccc3ccccc32)ccn1. The number of carbonyl (C=O) groups is 2. The molecule has 0 saturated carbocycles. The van der Waals surface area contributed by atoms with E-state index < -0.39 is 0 Å². The second-order valence-electron chi connectivity index (χ2n) is 5.43. The highest BCUT2D eigenvalue weighted by Gasteiger charge is 2.07. The van der Waals surface area contributed by atoms with Gasteiger partial charge < -0.3 is 15.2 Å². The van der Waals surface area contributed by atoms with E-state index in [9.17, 15) is 9.59 Å². The summed E-state index contributed by atoms with van der Waals surface area (Å²) in [6.45, 7) is 2.59. The Hall–Kier alpha value is -3.15. The summed E-state index contributed by atoms with van der Waals surface area (Å²) >= 11 is 0. The summed E-state index contributed by atoms with van der Waals surface area (Å²) in [5.41, 5.74) is 1.61. The second-order valence-corrected chi connectivity index (χ2v) is 5.43. The van der Waals surface area contributed by atoms with E-state index in [-0.39, 0.29) is 11.8 Å². The van der Waals surface area contributed by atoms with E-state index in [0.717, 1.165) is 5.52 Å².